The van der Waals surface area contributed by atoms with Crippen LogP contribution in [0.2, 0.25) is 0 Å². The molecule has 0 radical (unpaired) electrons. The van der Waals surface area contributed by atoms with Crippen LogP contribution >= 0.6 is 0 Å². The average Bonchev–Trinajstić information content (AvgIpc) is 2.87. The molecule has 8 heteroatoms. The van der Waals surface area contributed by atoms with Crippen molar-refractivity contribution in [2.75, 3.05) is 14.1 Å². The number of aliphatic hydroxyl groups is 2. The van der Waals surface area contributed by atoms with E-state index in [0.29, 0.717) is 25.7 Å². The number of hydrogen-bond donors (Lipinski definition) is 3. The van der Waals surface area contributed by atoms with Crippen molar-refractivity contribution in [2.24, 2.45) is 0 Å². The quantitative estimate of drug-likeness (QED) is 0.593. The molecule has 34 heavy (non-hydrogen) atoms. The molecule has 6 atom stereocenters. The lowest BCUT2D eigenvalue weighted by molar-refractivity contribution is -0.253. The molecule has 0 saturated carbocycles. The Hall–Kier alpha value is -2.52. The van der Waals surface area contributed by atoms with E-state index < -0.39 is 34.9 Å². The number of nitrogens with zero attached hydrogens (tertiary/aromatic N) is 2. The van der Waals surface area contributed by atoms with Gasteiger partial charge in [0.1, 0.15) is 11.7 Å². The molecule has 184 valence electrons. The molecule has 2 fully saturated rings. The Morgan fingerprint density at radius 2 is 1.91 bits per heavy atom. The van der Waals surface area contributed by atoms with Crippen molar-refractivity contribution in [1.29, 1.82) is 0 Å². The highest BCUT2D eigenvalue weighted by atomic mass is 16.6. The van der Waals surface area contributed by atoms with Gasteiger partial charge in [-0.1, -0.05) is 30.3 Å². The van der Waals surface area contributed by atoms with Gasteiger partial charge in [-0.15, -0.1) is 0 Å². The van der Waals surface area contributed by atoms with Gasteiger partial charge in [-0.25, -0.2) is 4.79 Å². The van der Waals surface area contributed by atoms with E-state index in [1.54, 1.807) is 0 Å². The van der Waals surface area contributed by atoms with Crippen molar-refractivity contribution in [3.05, 3.63) is 70.1 Å². The SMILES string of the molecule is CN(C)[C@@H]1CC[C@@]2([C@H](O)Cn3cccc(C(=O)O)c3=O)C[C@H](c3ccccc3)C[C@@](C)(O2)[C@H]1O. The standard InChI is InChI=1S/C26H34N2O6/c1-25-14-18(17-8-5-4-6-9-17)15-26(34-25,12-11-20(22(25)30)27(2)3)21(29)16-28-13-7-10-19(23(28)31)24(32)33/h4-10,13,18,20-22,29-30H,11-12,14-16H2,1-3H3,(H,32,33)/t18-,20-,21-,22+,25-,26+/m1/s1. The maximum Gasteiger partial charge on any atom is 0.341 e. The lowest BCUT2D eigenvalue weighted by atomic mass is 9.72. The Morgan fingerprint density at radius 1 is 1.21 bits per heavy atom. The first kappa shape index (κ1) is 24.6. The number of rotatable bonds is 6. The Balaban J connectivity index is 1.74. The smallest absolute Gasteiger partial charge is 0.341 e. The van der Waals surface area contributed by atoms with E-state index in [2.05, 4.69) is 12.1 Å². The third-order valence-corrected chi connectivity index (χ3v) is 7.70. The normalized spacial score (nSPS) is 32.2. The van der Waals surface area contributed by atoms with Crippen molar-refractivity contribution in [2.45, 2.75) is 74.5 Å². The first-order valence-corrected chi connectivity index (χ1v) is 11.8. The summed E-state index contributed by atoms with van der Waals surface area (Å²) in [6.45, 7) is 1.81. The third-order valence-electron chi connectivity index (χ3n) is 7.70. The minimum atomic E-state index is -1.30. The van der Waals surface area contributed by atoms with Crippen LogP contribution in [0.15, 0.2) is 53.5 Å². The van der Waals surface area contributed by atoms with Crippen LogP contribution in [0.4, 0.5) is 0 Å². The number of aromatic nitrogens is 1. The maximum atomic E-state index is 12.7. The van der Waals surface area contributed by atoms with E-state index in [-0.39, 0.29) is 24.1 Å². The largest absolute Gasteiger partial charge is 0.477 e. The number of aliphatic hydroxyl groups excluding tert-OH is 2. The number of carboxylic acid groups (broad SMARTS) is 1. The highest BCUT2D eigenvalue weighted by Crippen LogP contribution is 2.51. The molecule has 2 aliphatic rings. The molecule has 0 unspecified atom stereocenters. The Bertz CT molecular complexity index is 1090. The number of benzene rings is 1. The summed E-state index contributed by atoms with van der Waals surface area (Å²) in [5.74, 6) is -1.25. The van der Waals surface area contributed by atoms with Crippen LogP contribution in [-0.2, 0) is 11.3 Å². The van der Waals surface area contributed by atoms with Gasteiger partial charge >= 0.3 is 5.97 Å². The Morgan fingerprint density at radius 3 is 2.56 bits per heavy atom. The lowest BCUT2D eigenvalue weighted by Crippen LogP contribution is -2.60. The molecule has 2 aliphatic heterocycles. The highest BCUT2D eigenvalue weighted by Gasteiger charge is 2.57. The van der Waals surface area contributed by atoms with Crippen LogP contribution < -0.4 is 5.56 Å². The summed E-state index contributed by atoms with van der Waals surface area (Å²) >= 11 is 0. The predicted molar refractivity (Wildman–Crippen MR) is 127 cm³/mol. The van der Waals surface area contributed by atoms with E-state index in [1.807, 2.05) is 44.1 Å². The lowest BCUT2D eigenvalue weighted by Gasteiger charge is -2.52. The first-order valence-electron chi connectivity index (χ1n) is 11.8. The predicted octanol–water partition coefficient (Wildman–Crippen LogP) is 2.08. The molecule has 0 spiro atoms. The van der Waals surface area contributed by atoms with Crippen molar-refractivity contribution < 1.29 is 24.9 Å². The van der Waals surface area contributed by atoms with E-state index in [9.17, 15) is 24.9 Å². The number of ether oxygens (including phenoxy) is 1. The van der Waals surface area contributed by atoms with Gasteiger partial charge in [-0.3, -0.25) is 4.79 Å². The zero-order valence-corrected chi connectivity index (χ0v) is 19.9. The molecule has 2 bridgehead atoms. The average molecular weight is 471 g/mol. The van der Waals surface area contributed by atoms with Gasteiger partial charge in [0.05, 0.1) is 23.9 Å². The van der Waals surface area contributed by atoms with Crippen LogP contribution in [0.3, 0.4) is 0 Å². The van der Waals surface area contributed by atoms with Crippen LogP contribution in [-0.4, -0.2) is 74.3 Å². The molecule has 4 rings (SSSR count). The zero-order valence-electron chi connectivity index (χ0n) is 19.9. The highest BCUT2D eigenvalue weighted by molar-refractivity contribution is 5.86. The van der Waals surface area contributed by atoms with Gasteiger partial charge in [0.2, 0.25) is 0 Å². The topological polar surface area (TPSA) is 112 Å². The van der Waals surface area contributed by atoms with Crippen LogP contribution in [0.1, 0.15) is 54.4 Å². The summed E-state index contributed by atoms with van der Waals surface area (Å²) in [6, 6.07) is 12.6. The van der Waals surface area contributed by atoms with Gasteiger partial charge in [0, 0.05) is 12.2 Å². The molecule has 3 heterocycles. The fourth-order valence-corrected chi connectivity index (χ4v) is 5.89. The Labute approximate surface area is 199 Å². The van der Waals surface area contributed by atoms with Crippen molar-refractivity contribution in [3.63, 3.8) is 0 Å². The molecule has 2 aromatic rings. The van der Waals surface area contributed by atoms with Crippen LogP contribution in [0, 0.1) is 0 Å². The molecule has 0 amide bonds. The molecule has 8 nitrogen and oxygen atoms in total. The van der Waals surface area contributed by atoms with Gasteiger partial charge in [0.15, 0.2) is 0 Å². The summed E-state index contributed by atoms with van der Waals surface area (Å²) in [7, 11) is 3.86. The van der Waals surface area contributed by atoms with Crippen LogP contribution in [0.5, 0.6) is 0 Å². The zero-order chi connectivity index (χ0) is 24.7. The summed E-state index contributed by atoms with van der Waals surface area (Å²) in [4.78, 5) is 26.1. The summed E-state index contributed by atoms with van der Waals surface area (Å²) in [5, 5.41) is 32.3. The number of aromatic carboxylic acids is 1. The fraction of sp³-hybridized carbons (Fsp3) is 0.538. The van der Waals surface area contributed by atoms with E-state index in [1.165, 1.54) is 22.9 Å². The second-order valence-electron chi connectivity index (χ2n) is 10.2. The molecular formula is C26H34N2O6. The summed E-state index contributed by atoms with van der Waals surface area (Å²) in [5.41, 5.74) is -1.79. The van der Waals surface area contributed by atoms with Gasteiger partial charge in [0.25, 0.3) is 5.56 Å². The fourth-order valence-electron chi connectivity index (χ4n) is 5.89. The number of hydrogen-bond acceptors (Lipinski definition) is 6. The number of fused-ring (bicyclic) bond motifs is 2. The van der Waals surface area contributed by atoms with Crippen LogP contribution in [0.25, 0.3) is 0 Å². The van der Waals surface area contributed by atoms with Crippen molar-refractivity contribution in [1.82, 2.24) is 9.47 Å². The molecular weight excluding hydrogens is 436 g/mol. The van der Waals surface area contributed by atoms with Crippen molar-refractivity contribution >= 4 is 5.97 Å². The number of carboxylic acids is 1. The number of carbonyl (C=O) groups is 1. The molecule has 1 aromatic carbocycles. The van der Waals surface area contributed by atoms with Crippen molar-refractivity contribution in [3.8, 4) is 0 Å². The van der Waals surface area contributed by atoms with E-state index in [4.69, 9.17) is 4.74 Å². The maximum absolute atomic E-state index is 12.7. The second kappa shape index (κ2) is 9.26. The van der Waals surface area contributed by atoms with E-state index >= 15 is 0 Å². The minimum absolute atomic E-state index is 0.0484. The molecule has 0 aliphatic carbocycles. The first-order chi connectivity index (χ1) is 16.1. The molecule has 3 N–H and O–H groups in total. The summed E-state index contributed by atoms with van der Waals surface area (Å²) in [6.07, 6.45) is 1.90. The molecule has 1 aromatic heterocycles. The minimum Gasteiger partial charge on any atom is -0.477 e. The van der Waals surface area contributed by atoms with Gasteiger partial charge < -0.3 is 29.5 Å². The monoisotopic (exact) mass is 470 g/mol. The number of pyridine rings is 1. The third kappa shape index (κ3) is 4.43. The van der Waals surface area contributed by atoms with Gasteiger partial charge in [-0.2, -0.15) is 0 Å². The van der Waals surface area contributed by atoms with Gasteiger partial charge in [-0.05, 0) is 70.3 Å². The molecule has 2 saturated heterocycles. The second-order valence-corrected chi connectivity index (χ2v) is 10.2. The Kier molecular flexibility index (Phi) is 6.70. The number of likely N-dealkylation sites (N-methyl/N-ethyl adjacent to an activating group) is 1. The van der Waals surface area contributed by atoms with E-state index in [0.717, 1.165) is 5.56 Å². The summed E-state index contributed by atoms with van der Waals surface area (Å²) < 4.78 is 7.90.